The molecule has 126 valence electrons. The average Bonchev–Trinajstić information content (AvgIpc) is 3.03. The van der Waals surface area contributed by atoms with Crippen LogP contribution in [0.1, 0.15) is 47.2 Å². The largest absolute Gasteiger partial charge is 0.483 e. The molecule has 3 rings (SSSR count). The van der Waals surface area contributed by atoms with Gasteiger partial charge in [-0.15, -0.1) is 0 Å². The zero-order valence-electron chi connectivity index (χ0n) is 14.7. The minimum atomic E-state index is -0.0936. The van der Waals surface area contributed by atoms with Gasteiger partial charge in [0.1, 0.15) is 5.75 Å². The first kappa shape index (κ1) is 16.6. The van der Waals surface area contributed by atoms with Crippen LogP contribution in [0.4, 0.5) is 0 Å². The van der Waals surface area contributed by atoms with Crippen molar-refractivity contribution in [3.8, 4) is 5.75 Å². The lowest BCUT2D eigenvalue weighted by atomic mass is 10.0. The standard InChI is InChI=1S/C21H25NO2/c1-14-6-4-9-20(15(14)2)24-13-21(23)22-16(3)18-11-10-17-7-5-8-19(17)12-18/h4,6,9-12,16H,5,7-8,13H2,1-3H3,(H,22,23)/t16-/m1/s1. The molecule has 0 radical (unpaired) electrons. The molecule has 0 aliphatic heterocycles. The Labute approximate surface area is 144 Å². The molecule has 1 aliphatic carbocycles. The lowest BCUT2D eigenvalue weighted by Crippen LogP contribution is -2.31. The molecule has 0 fully saturated rings. The highest BCUT2D eigenvalue weighted by molar-refractivity contribution is 5.78. The number of aryl methyl sites for hydroxylation is 3. The number of carbonyl (C=O) groups excluding carboxylic acids is 1. The Morgan fingerprint density at radius 1 is 1.17 bits per heavy atom. The van der Waals surface area contributed by atoms with Crippen molar-refractivity contribution in [3.63, 3.8) is 0 Å². The third-order valence-electron chi connectivity index (χ3n) is 4.91. The molecule has 24 heavy (non-hydrogen) atoms. The van der Waals surface area contributed by atoms with E-state index in [0.717, 1.165) is 23.3 Å². The lowest BCUT2D eigenvalue weighted by molar-refractivity contribution is -0.123. The number of carbonyl (C=O) groups is 1. The average molecular weight is 323 g/mol. The third-order valence-corrected chi connectivity index (χ3v) is 4.91. The van der Waals surface area contributed by atoms with Gasteiger partial charge in [0.25, 0.3) is 5.91 Å². The van der Waals surface area contributed by atoms with Gasteiger partial charge in [-0.1, -0.05) is 30.3 Å². The molecule has 0 saturated carbocycles. The Balaban J connectivity index is 1.57. The predicted molar refractivity (Wildman–Crippen MR) is 96.4 cm³/mol. The van der Waals surface area contributed by atoms with Crippen LogP contribution in [0.5, 0.6) is 5.75 Å². The summed E-state index contributed by atoms with van der Waals surface area (Å²) in [5.41, 5.74) is 6.29. The number of amides is 1. The van der Waals surface area contributed by atoms with Gasteiger partial charge in [-0.05, 0) is 73.9 Å². The normalized spacial score (nSPS) is 14.1. The number of nitrogens with one attached hydrogen (secondary N) is 1. The van der Waals surface area contributed by atoms with Gasteiger partial charge in [0.2, 0.25) is 0 Å². The van der Waals surface area contributed by atoms with E-state index in [0.29, 0.717) is 0 Å². The first-order chi connectivity index (χ1) is 11.5. The van der Waals surface area contributed by atoms with E-state index in [1.807, 2.05) is 39.0 Å². The minimum absolute atomic E-state index is 0.00870. The minimum Gasteiger partial charge on any atom is -0.483 e. The van der Waals surface area contributed by atoms with Crippen LogP contribution < -0.4 is 10.1 Å². The Morgan fingerprint density at radius 3 is 2.79 bits per heavy atom. The fourth-order valence-electron chi connectivity index (χ4n) is 3.25. The second-order valence-electron chi connectivity index (χ2n) is 6.66. The van der Waals surface area contributed by atoms with E-state index in [9.17, 15) is 4.79 Å². The summed E-state index contributed by atoms with van der Waals surface area (Å²) in [5.74, 6) is 0.680. The number of ether oxygens (including phenoxy) is 1. The molecule has 2 aromatic carbocycles. The van der Waals surface area contributed by atoms with Crippen molar-refractivity contribution in [2.24, 2.45) is 0 Å². The summed E-state index contributed by atoms with van der Waals surface area (Å²) in [7, 11) is 0. The summed E-state index contributed by atoms with van der Waals surface area (Å²) in [6, 6.07) is 12.4. The second kappa shape index (κ2) is 7.08. The monoisotopic (exact) mass is 323 g/mol. The SMILES string of the molecule is Cc1cccc(OCC(=O)N[C@H](C)c2ccc3c(c2)CCC3)c1C. The van der Waals surface area contributed by atoms with Crippen LogP contribution in [0.2, 0.25) is 0 Å². The maximum absolute atomic E-state index is 12.2. The topological polar surface area (TPSA) is 38.3 Å². The highest BCUT2D eigenvalue weighted by Crippen LogP contribution is 2.25. The van der Waals surface area contributed by atoms with Gasteiger partial charge in [0.05, 0.1) is 6.04 Å². The van der Waals surface area contributed by atoms with Gasteiger partial charge < -0.3 is 10.1 Å². The summed E-state index contributed by atoms with van der Waals surface area (Å²) < 4.78 is 5.68. The number of hydrogen-bond donors (Lipinski definition) is 1. The Hall–Kier alpha value is -2.29. The van der Waals surface area contributed by atoms with Crippen molar-refractivity contribution in [1.29, 1.82) is 0 Å². The van der Waals surface area contributed by atoms with Crippen molar-refractivity contribution >= 4 is 5.91 Å². The summed E-state index contributed by atoms with van der Waals surface area (Å²) >= 11 is 0. The predicted octanol–water partition coefficient (Wildman–Crippen LogP) is 4.05. The maximum Gasteiger partial charge on any atom is 0.258 e. The summed E-state index contributed by atoms with van der Waals surface area (Å²) in [6.07, 6.45) is 3.57. The maximum atomic E-state index is 12.2. The fourth-order valence-corrected chi connectivity index (χ4v) is 3.25. The van der Waals surface area contributed by atoms with Crippen LogP contribution in [0.3, 0.4) is 0 Å². The van der Waals surface area contributed by atoms with E-state index in [1.54, 1.807) is 0 Å². The van der Waals surface area contributed by atoms with Gasteiger partial charge in [-0.3, -0.25) is 4.79 Å². The molecule has 2 aromatic rings. The van der Waals surface area contributed by atoms with Gasteiger partial charge in [0.15, 0.2) is 6.61 Å². The number of fused-ring (bicyclic) bond motifs is 1. The highest BCUT2D eigenvalue weighted by atomic mass is 16.5. The van der Waals surface area contributed by atoms with E-state index in [4.69, 9.17) is 4.74 Å². The van der Waals surface area contributed by atoms with Crippen LogP contribution in [0, 0.1) is 13.8 Å². The molecule has 0 unspecified atom stereocenters. The first-order valence-electron chi connectivity index (χ1n) is 8.64. The van der Waals surface area contributed by atoms with E-state index in [-0.39, 0.29) is 18.6 Å². The van der Waals surface area contributed by atoms with Crippen LogP contribution in [0.25, 0.3) is 0 Å². The number of benzene rings is 2. The van der Waals surface area contributed by atoms with E-state index >= 15 is 0 Å². The smallest absolute Gasteiger partial charge is 0.258 e. The lowest BCUT2D eigenvalue weighted by Gasteiger charge is -2.16. The zero-order chi connectivity index (χ0) is 17.1. The quantitative estimate of drug-likeness (QED) is 0.901. The molecule has 3 heteroatoms. The molecular weight excluding hydrogens is 298 g/mol. The fraction of sp³-hybridized carbons (Fsp3) is 0.381. The molecule has 0 aromatic heterocycles. The highest BCUT2D eigenvalue weighted by Gasteiger charge is 2.15. The van der Waals surface area contributed by atoms with Crippen molar-refractivity contribution in [1.82, 2.24) is 5.32 Å². The van der Waals surface area contributed by atoms with E-state index < -0.39 is 0 Å². The van der Waals surface area contributed by atoms with Crippen LogP contribution in [-0.2, 0) is 17.6 Å². The Bertz CT molecular complexity index is 751. The molecule has 1 N–H and O–H groups in total. The van der Waals surface area contributed by atoms with Crippen molar-refractivity contribution in [3.05, 3.63) is 64.2 Å². The van der Waals surface area contributed by atoms with Crippen LogP contribution in [0.15, 0.2) is 36.4 Å². The van der Waals surface area contributed by atoms with E-state index in [2.05, 4.69) is 23.5 Å². The van der Waals surface area contributed by atoms with Gasteiger partial charge in [-0.2, -0.15) is 0 Å². The first-order valence-corrected chi connectivity index (χ1v) is 8.64. The summed E-state index contributed by atoms with van der Waals surface area (Å²) in [6.45, 7) is 6.11. The van der Waals surface area contributed by atoms with E-state index in [1.165, 1.54) is 29.5 Å². The molecule has 0 heterocycles. The van der Waals surface area contributed by atoms with Crippen molar-refractivity contribution < 1.29 is 9.53 Å². The van der Waals surface area contributed by atoms with Gasteiger partial charge in [-0.25, -0.2) is 0 Å². The molecule has 0 spiro atoms. The molecule has 1 aliphatic rings. The van der Waals surface area contributed by atoms with Crippen molar-refractivity contribution in [2.45, 2.75) is 46.1 Å². The Morgan fingerprint density at radius 2 is 1.96 bits per heavy atom. The molecule has 3 nitrogen and oxygen atoms in total. The summed E-state index contributed by atoms with van der Waals surface area (Å²) in [4.78, 5) is 12.2. The molecule has 0 bridgehead atoms. The van der Waals surface area contributed by atoms with Crippen LogP contribution >= 0.6 is 0 Å². The Kier molecular flexibility index (Phi) is 4.89. The van der Waals surface area contributed by atoms with Crippen molar-refractivity contribution in [2.75, 3.05) is 6.61 Å². The molecule has 0 saturated heterocycles. The third kappa shape index (κ3) is 3.61. The zero-order valence-corrected chi connectivity index (χ0v) is 14.7. The van der Waals surface area contributed by atoms with Gasteiger partial charge in [0, 0.05) is 0 Å². The number of hydrogen-bond acceptors (Lipinski definition) is 2. The second-order valence-corrected chi connectivity index (χ2v) is 6.66. The molecule has 1 amide bonds. The molecular formula is C21H25NO2. The summed E-state index contributed by atoms with van der Waals surface area (Å²) in [5, 5.41) is 3.03. The van der Waals surface area contributed by atoms with Gasteiger partial charge >= 0.3 is 0 Å². The molecule has 1 atom stereocenters. The number of rotatable bonds is 5. The van der Waals surface area contributed by atoms with Crippen LogP contribution in [-0.4, -0.2) is 12.5 Å².